The highest BCUT2D eigenvalue weighted by Gasteiger charge is 2.28. The first kappa shape index (κ1) is 21.8. The Kier molecular flexibility index (Phi) is 5.54. The van der Waals surface area contributed by atoms with Crippen LogP contribution in [0.15, 0.2) is 104 Å². The number of hydrogen-bond acceptors (Lipinski definition) is 3. The molecule has 36 heavy (non-hydrogen) atoms. The van der Waals surface area contributed by atoms with Crippen LogP contribution in [0, 0.1) is 0 Å². The van der Waals surface area contributed by atoms with Crippen molar-refractivity contribution in [3.05, 3.63) is 109 Å². The summed E-state index contributed by atoms with van der Waals surface area (Å²) in [6.07, 6.45) is 4.62. The fraction of sp³-hybridized carbons (Fsp3) is 0.100. The molecule has 0 radical (unpaired) electrons. The van der Waals surface area contributed by atoms with E-state index in [1.165, 1.54) is 5.56 Å². The van der Waals surface area contributed by atoms with Crippen molar-refractivity contribution in [3.8, 4) is 11.3 Å². The third kappa shape index (κ3) is 4.14. The van der Waals surface area contributed by atoms with Gasteiger partial charge in [-0.25, -0.2) is 4.98 Å². The molecule has 0 spiro atoms. The molecule has 2 amide bonds. The maximum absolute atomic E-state index is 13.1. The van der Waals surface area contributed by atoms with Crippen molar-refractivity contribution >= 4 is 39.6 Å². The number of rotatable bonds is 5. The Bertz CT molecular complexity index is 1570. The molecule has 0 saturated heterocycles. The summed E-state index contributed by atoms with van der Waals surface area (Å²) in [5.41, 5.74) is 5.17. The van der Waals surface area contributed by atoms with E-state index in [2.05, 4.69) is 39.1 Å². The van der Waals surface area contributed by atoms with E-state index >= 15 is 0 Å². The van der Waals surface area contributed by atoms with Gasteiger partial charge in [-0.15, -0.1) is 0 Å². The summed E-state index contributed by atoms with van der Waals surface area (Å²) in [4.78, 5) is 31.8. The Morgan fingerprint density at radius 2 is 1.61 bits per heavy atom. The number of carbonyl (C=O) groups is 2. The van der Waals surface area contributed by atoms with Gasteiger partial charge in [0, 0.05) is 29.4 Å². The molecule has 0 atom stereocenters. The van der Waals surface area contributed by atoms with Gasteiger partial charge in [0.2, 0.25) is 11.8 Å². The van der Waals surface area contributed by atoms with Crippen LogP contribution in [0.3, 0.4) is 0 Å². The normalized spacial score (nSPS) is 13.4. The maximum Gasteiger partial charge on any atom is 0.241 e. The molecule has 1 aromatic heterocycles. The van der Waals surface area contributed by atoms with Crippen LogP contribution in [0.1, 0.15) is 12.0 Å². The van der Waals surface area contributed by atoms with Gasteiger partial charge in [0.05, 0.1) is 23.4 Å². The van der Waals surface area contributed by atoms with Gasteiger partial charge in [0.25, 0.3) is 0 Å². The topological polar surface area (TPSA) is 67.2 Å². The number of aromatic nitrogens is 2. The number of hydrogen-bond donors (Lipinski definition) is 1. The van der Waals surface area contributed by atoms with Crippen LogP contribution in [0.2, 0.25) is 0 Å². The number of benzene rings is 4. The Morgan fingerprint density at radius 1 is 0.833 bits per heavy atom. The summed E-state index contributed by atoms with van der Waals surface area (Å²) in [7, 11) is 0. The fourth-order valence-corrected chi connectivity index (χ4v) is 4.71. The van der Waals surface area contributed by atoms with Gasteiger partial charge in [-0.05, 0) is 35.6 Å². The van der Waals surface area contributed by atoms with Crippen LogP contribution in [0.25, 0.3) is 22.0 Å². The molecule has 0 fully saturated rings. The lowest BCUT2D eigenvalue weighted by molar-refractivity contribution is -0.124. The molecule has 4 aromatic carbocycles. The molecule has 0 aliphatic carbocycles. The standard InChI is InChI=1S/C30H24N4O2/c35-28-18-29(36)34(27-15-12-22-8-4-5-9-25(22)30(27)32-28)24-13-10-23(11-14-24)26-19-33(20-31-26)17-16-21-6-2-1-3-7-21/h1-15,19-20H,16-18H2,(H,32,35). The Labute approximate surface area is 208 Å². The number of anilines is 3. The van der Waals surface area contributed by atoms with Crippen molar-refractivity contribution in [2.24, 2.45) is 0 Å². The molecular formula is C30H24N4O2. The minimum Gasteiger partial charge on any atom is -0.336 e. The molecule has 6 rings (SSSR count). The lowest BCUT2D eigenvalue weighted by Gasteiger charge is -2.23. The summed E-state index contributed by atoms with van der Waals surface area (Å²) in [6, 6.07) is 29.8. The van der Waals surface area contributed by atoms with Crippen LogP contribution in [-0.2, 0) is 22.6 Å². The van der Waals surface area contributed by atoms with E-state index in [0.29, 0.717) is 17.1 Å². The summed E-state index contributed by atoms with van der Waals surface area (Å²) in [6.45, 7) is 0.850. The summed E-state index contributed by atoms with van der Waals surface area (Å²) < 4.78 is 2.09. The Balaban J connectivity index is 1.29. The van der Waals surface area contributed by atoms with E-state index in [9.17, 15) is 9.59 Å². The predicted molar refractivity (Wildman–Crippen MR) is 142 cm³/mol. The van der Waals surface area contributed by atoms with E-state index in [-0.39, 0.29) is 18.2 Å². The molecule has 6 nitrogen and oxygen atoms in total. The number of aryl methyl sites for hydroxylation is 2. The van der Waals surface area contributed by atoms with Crippen LogP contribution in [-0.4, -0.2) is 21.4 Å². The van der Waals surface area contributed by atoms with E-state index < -0.39 is 0 Å². The number of imidazole rings is 1. The maximum atomic E-state index is 13.1. The molecule has 1 aliphatic heterocycles. The zero-order valence-corrected chi connectivity index (χ0v) is 19.6. The smallest absolute Gasteiger partial charge is 0.241 e. The van der Waals surface area contributed by atoms with E-state index in [1.807, 2.05) is 79.3 Å². The quantitative estimate of drug-likeness (QED) is 0.321. The van der Waals surface area contributed by atoms with Crippen LogP contribution < -0.4 is 10.2 Å². The zero-order valence-electron chi connectivity index (χ0n) is 19.6. The number of amides is 2. The third-order valence-electron chi connectivity index (χ3n) is 6.53. The van der Waals surface area contributed by atoms with E-state index in [1.54, 1.807) is 4.90 Å². The molecular weight excluding hydrogens is 448 g/mol. The second-order valence-electron chi connectivity index (χ2n) is 8.91. The zero-order chi connectivity index (χ0) is 24.5. The SMILES string of the molecule is O=C1CC(=O)N(c2ccc(-c3cn(CCc4ccccc4)cn3)cc2)c2ccc3ccccc3c2N1. The predicted octanol–water partition coefficient (Wildman–Crippen LogP) is 5.95. The van der Waals surface area contributed by atoms with Crippen LogP contribution >= 0.6 is 0 Å². The van der Waals surface area contributed by atoms with Gasteiger partial charge >= 0.3 is 0 Å². The minimum atomic E-state index is -0.308. The monoisotopic (exact) mass is 472 g/mol. The highest BCUT2D eigenvalue weighted by molar-refractivity contribution is 6.21. The van der Waals surface area contributed by atoms with Crippen LogP contribution in [0.4, 0.5) is 17.1 Å². The minimum absolute atomic E-state index is 0.212. The molecule has 0 saturated carbocycles. The molecule has 0 unspecified atom stereocenters. The molecule has 6 heteroatoms. The largest absolute Gasteiger partial charge is 0.336 e. The second kappa shape index (κ2) is 9.15. The third-order valence-corrected chi connectivity index (χ3v) is 6.53. The van der Waals surface area contributed by atoms with Crippen molar-refractivity contribution in [2.45, 2.75) is 19.4 Å². The summed E-state index contributed by atoms with van der Waals surface area (Å²) in [5, 5.41) is 4.85. The first-order valence-electron chi connectivity index (χ1n) is 12.0. The Morgan fingerprint density at radius 3 is 2.44 bits per heavy atom. The first-order valence-corrected chi connectivity index (χ1v) is 12.0. The average molecular weight is 473 g/mol. The van der Waals surface area contributed by atoms with Gasteiger partial charge in [-0.3, -0.25) is 14.5 Å². The lowest BCUT2D eigenvalue weighted by atomic mass is 10.1. The Hall–Kier alpha value is -4.71. The fourth-order valence-electron chi connectivity index (χ4n) is 4.71. The average Bonchev–Trinajstić information content (AvgIpc) is 3.34. The molecule has 1 N–H and O–H groups in total. The van der Waals surface area contributed by atoms with Gasteiger partial charge in [-0.1, -0.05) is 72.8 Å². The van der Waals surface area contributed by atoms with Crippen molar-refractivity contribution in [1.82, 2.24) is 9.55 Å². The number of fused-ring (bicyclic) bond motifs is 3. The molecule has 5 aromatic rings. The second-order valence-corrected chi connectivity index (χ2v) is 8.91. The summed E-state index contributed by atoms with van der Waals surface area (Å²) in [5.74, 6) is -0.572. The van der Waals surface area contributed by atoms with Gasteiger partial charge in [0.1, 0.15) is 6.42 Å². The van der Waals surface area contributed by atoms with Gasteiger partial charge in [-0.2, -0.15) is 0 Å². The van der Waals surface area contributed by atoms with Crippen molar-refractivity contribution in [2.75, 3.05) is 10.2 Å². The first-order chi connectivity index (χ1) is 17.7. The highest BCUT2D eigenvalue weighted by Crippen LogP contribution is 2.40. The van der Waals surface area contributed by atoms with Gasteiger partial charge < -0.3 is 9.88 Å². The number of nitrogens with zero attached hydrogens (tertiary/aromatic N) is 3. The van der Waals surface area contributed by atoms with E-state index in [4.69, 9.17) is 0 Å². The lowest BCUT2D eigenvalue weighted by Crippen LogP contribution is -2.26. The van der Waals surface area contributed by atoms with E-state index in [0.717, 1.165) is 35.0 Å². The summed E-state index contributed by atoms with van der Waals surface area (Å²) >= 11 is 0. The van der Waals surface area contributed by atoms with Crippen molar-refractivity contribution in [3.63, 3.8) is 0 Å². The highest BCUT2D eigenvalue weighted by atomic mass is 16.2. The van der Waals surface area contributed by atoms with Crippen molar-refractivity contribution in [1.29, 1.82) is 0 Å². The number of nitrogens with one attached hydrogen (secondary N) is 1. The van der Waals surface area contributed by atoms with Crippen LogP contribution in [0.5, 0.6) is 0 Å². The van der Waals surface area contributed by atoms with Crippen molar-refractivity contribution < 1.29 is 9.59 Å². The molecule has 2 heterocycles. The number of carbonyl (C=O) groups excluding carboxylic acids is 2. The molecule has 1 aliphatic rings. The molecule has 0 bridgehead atoms. The molecule has 176 valence electrons. The van der Waals surface area contributed by atoms with Gasteiger partial charge in [0.15, 0.2) is 0 Å².